The van der Waals surface area contributed by atoms with Crippen LogP contribution in [0.3, 0.4) is 0 Å². The predicted octanol–water partition coefficient (Wildman–Crippen LogP) is 3.26. The molecule has 0 bridgehead atoms. The highest BCUT2D eigenvalue weighted by Crippen LogP contribution is 2.28. The van der Waals surface area contributed by atoms with E-state index in [0.29, 0.717) is 11.5 Å². The molecule has 0 radical (unpaired) electrons. The Kier molecular flexibility index (Phi) is 3.56. The second-order valence-electron chi connectivity index (χ2n) is 3.60. The molecule has 1 heterocycles. The van der Waals surface area contributed by atoms with Crippen LogP contribution in [0.5, 0.6) is 0 Å². The molecule has 88 valence electrons. The summed E-state index contributed by atoms with van der Waals surface area (Å²) in [5.41, 5.74) is 2.10. The van der Waals surface area contributed by atoms with Gasteiger partial charge in [0.25, 0.3) is 0 Å². The van der Waals surface area contributed by atoms with Gasteiger partial charge < -0.3 is 9.84 Å². The zero-order valence-electron chi connectivity index (χ0n) is 9.34. The molecule has 0 atom stereocenters. The van der Waals surface area contributed by atoms with Gasteiger partial charge in [-0.05, 0) is 29.3 Å². The fourth-order valence-electron chi connectivity index (χ4n) is 1.59. The molecule has 0 fully saturated rings. The summed E-state index contributed by atoms with van der Waals surface area (Å²) in [7, 11) is 1.65. The largest absolute Gasteiger partial charge is 0.477 e. The molecule has 0 aliphatic heterocycles. The summed E-state index contributed by atoms with van der Waals surface area (Å²) >= 11 is 1.28. The van der Waals surface area contributed by atoms with Crippen LogP contribution in [0.1, 0.15) is 15.2 Å². The summed E-state index contributed by atoms with van der Waals surface area (Å²) in [5.74, 6) is -0.880. The normalized spacial score (nSPS) is 10.4. The van der Waals surface area contributed by atoms with E-state index in [2.05, 4.69) is 0 Å². The standard InChI is InChI=1S/C13H12O3S/c1-16-8-9-3-2-4-10(7-9)11-5-6-12(17-11)13(14)15/h2-7H,8H2,1H3,(H,14,15). The summed E-state index contributed by atoms with van der Waals surface area (Å²) in [4.78, 5) is 12.1. The Morgan fingerprint density at radius 3 is 2.82 bits per heavy atom. The van der Waals surface area contributed by atoms with Crippen molar-refractivity contribution in [3.8, 4) is 10.4 Å². The van der Waals surface area contributed by atoms with E-state index in [1.807, 2.05) is 30.3 Å². The summed E-state index contributed by atoms with van der Waals surface area (Å²) in [6.45, 7) is 0.561. The van der Waals surface area contributed by atoms with Crippen molar-refractivity contribution in [2.24, 2.45) is 0 Å². The highest BCUT2D eigenvalue weighted by atomic mass is 32.1. The molecular weight excluding hydrogens is 236 g/mol. The Hall–Kier alpha value is -1.65. The minimum atomic E-state index is -0.880. The molecule has 0 spiro atoms. The lowest BCUT2D eigenvalue weighted by Crippen LogP contribution is -1.89. The number of hydrogen-bond acceptors (Lipinski definition) is 3. The van der Waals surface area contributed by atoms with Gasteiger partial charge in [-0.3, -0.25) is 0 Å². The van der Waals surface area contributed by atoms with Crippen LogP contribution in [0.15, 0.2) is 36.4 Å². The lowest BCUT2D eigenvalue weighted by Gasteiger charge is -2.02. The van der Waals surface area contributed by atoms with E-state index in [9.17, 15) is 4.79 Å². The summed E-state index contributed by atoms with van der Waals surface area (Å²) in [5, 5.41) is 8.87. The SMILES string of the molecule is COCc1cccc(-c2ccc(C(=O)O)s2)c1. The van der Waals surface area contributed by atoms with E-state index in [-0.39, 0.29) is 0 Å². The summed E-state index contributed by atoms with van der Waals surface area (Å²) in [6.07, 6.45) is 0. The molecule has 3 nitrogen and oxygen atoms in total. The molecule has 1 aromatic carbocycles. The second-order valence-corrected chi connectivity index (χ2v) is 4.69. The maximum Gasteiger partial charge on any atom is 0.345 e. The van der Waals surface area contributed by atoms with Crippen LogP contribution in [0.2, 0.25) is 0 Å². The van der Waals surface area contributed by atoms with Gasteiger partial charge in [0.15, 0.2) is 0 Å². The average molecular weight is 248 g/mol. The zero-order chi connectivity index (χ0) is 12.3. The zero-order valence-corrected chi connectivity index (χ0v) is 10.2. The van der Waals surface area contributed by atoms with Crippen molar-refractivity contribution in [3.05, 3.63) is 46.8 Å². The number of thiophene rings is 1. The summed E-state index contributed by atoms with van der Waals surface area (Å²) < 4.78 is 5.07. The molecule has 2 aromatic rings. The number of carboxylic acid groups (broad SMARTS) is 1. The minimum Gasteiger partial charge on any atom is -0.477 e. The molecule has 2 rings (SSSR count). The quantitative estimate of drug-likeness (QED) is 0.903. The third kappa shape index (κ3) is 2.72. The van der Waals surface area contributed by atoms with Crippen molar-refractivity contribution < 1.29 is 14.6 Å². The first-order chi connectivity index (χ1) is 8.20. The van der Waals surface area contributed by atoms with Crippen LogP contribution in [0, 0.1) is 0 Å². The van der Waals surface area contributed by atoms with Crippen molar-refractivity contribution in [2.45, 2.75) is 6.61 Å². The first kappa shape index (κ1) is 11.8. The van der Waals surface area contributed by atoms with Gasteiger partial charge in [0.2, 0.25) is 0 Å². The number of aromatic carboxylic acids is 1. The first-order valence-corrected chi connectivity index (χ1v) is 5.94. The molecule has 0 unspecified atom stereocenters. The fourth-order valence-corrected chi connectivity index (χ4v) is 2.43. The van der Waals surface area contributed by atoms with E-state index >= 15 is 0 Å². The Morgan fingerprint density at radius 1 is 1.35 bits per heavy atom. The van der Waals surface area contributed by atoms with E-state index in [4.69, 9.17) is 9.84 Å². The molecule has 0 aliphatic rings. The van der Waals surface area contributed by atoms with Gasteiger partial charge in [0, 0.05) is 12.0 Å². The Morgan fingerprint density at radius 2 is 2.18 bits per heavy atom. The smallest absolute Gasteiger partial charge is 0.345 e. The van der Waals surface area contributed by atoms with Crippen LogP contribution in [-0.4, -0.2) is 18.2 Å². The molecule has 0 aliphatic carbocycles. The fraction of sp³-hybridized carbons (Fsp3) is 0.154. The highest BCUT2D eigenvalue weighted by molar-refractivity contribution is 7.17. The van der Waals surface area contributed by atoms with Crippen molar-refractivity contribution >= 4 is 17.3 Å². The van der Waals surface area contributed by atoms with Gasteiger partial charge in [0.05, 0.1) is 6.61 Å². The van der Waals surface area contributed by atoms with Crippen LogP contribution < -0.4 is 0 Å². The van der Waals surface area contributed by atoms with Crippen molar-refractivity contribution in [1.82, 2.24) is 0 Å². The maximum absolute atomic E-state index is 10.8. The lowest BCUT2D eigenvalue weighted by atomic mass is 10.1. The molecule has 1 N–H and O–H groups in total. The third-order valence-electron chi connectivity index (χ3n) is 2.34. The number of benzene rings is 1. The van der Waals surface area contributed by atoms with Gasteiger partial charge in [-0.1, -0.05) is 18.2 Å². The second kappa shape index (κ2) is 5.12. The van der Waals surface area contributed by atoms with Gasteiger partial charge >= 0.3 is 5.97 Å². The van der Waals surface area contributed by atoms with E-state index < -0.39 is 5.97 Å². The molecule has 0 amide bonds. The third-order valence-corrected chi connectivity index (χ3v) is 3.46. The van der Waals surface area contributed by atoms with Crippen molar-refractivity contribution in [3.63, 3.8) is 0 Å². The topological polar surface area (TPSA) is 46.5 Å². The van der Waals surface area contributed by atoms with E-state index in [1.54, 1.807) is 13.2 Å². The van der Waals surface area contributed by atoms with Crippen LogP contribution in [0.4, 0.5) is 0 Å². The number of carbonyl (C=O) groups is 1. The van der Waals surface area contributed by atoms with Crippen LogP contribution in [0.25, 0.3) is 10.4 Å². The number of carboxylic acids is 1. The summed E-state index contributed by atoms with van der Waals surface area (Å²) in [6, 6.07) is 11.4. The van der Waals surface area contributed by atoms with Gasteiger partial charge in [-0.2, -0.15) is 0 Å². The minimum absolute atomic E-state index is 0.358. The maximum atomic E-state index is 10.8. The molecular formula is C13H12O3S. The molecule has 4 heteroatoms. The number of methoxy groups -OCH3 is 1. The van der Waals surface area contributed by atoms with E-state index in [1.165, 1.54) is 11.3 Å². The van der Waals surface area contributed by atoms with Crippen molar-refractivity contribution in [2.75, 3.05) is 7.11 Å². The van der Waals surface area contributed by atoms with E-state index in [0.717, 1.165) is 16.0 Å². The average Bonchev–Trinajstić information content (AvgIpc) is 2.79. The molecule has 0 saturated carbocycles. The molecule has 17 heavy (non-hydrogen) atoms. The number of hydrogen-bond donors (Lipinski definition) is 1. The number of ether oxygens (including phenoxy) is 1. The van der Waals surface area contributed by atoms with Gasteiger partial charge in [0.1, 0.15) is 4.88 Å². The molecule has 0 saturated heterocycles. The van der Waals surface area contributed by atoms with Crippen LogP contribution >= 0.6 is 11.3 Å². The van der Waals surface area contributed by atoms with Crippen LogP contribution in [-0.2, 0) is 11.3 Å². The Bertz CT molecular complexity index is 531. The van der Waals surface area contributed by atoms with Gasteiger partial charge in [-0.25, -0.2) is 4.79 Å². The highest BCUT2D eigenvalue weighted by Gasteiger charge is 2.08. The predicted molar refractivity (Wildman–Crippen MR) is 67.4 cm³/mol. The van der Waals surface area contributed by atoms with Crippen molar-refractivity contribution in [1.29, 1.82) is 0 Å². The lowest BCUT2D eigenvalue weighted by molar-refractivity contribution is 0.0702. The Balaban J connectivity index is 2.31. The monoisotopic (exact) mass is 248 g/mol. The molecule has 1 aromatic heterocycles. The Labute approximate surface area is 103 Å². The number of rotatable bonds is 4. The van der Waals surface area contributed by atoms with Gasteiger partial charge in [-0.15, -0.1) is 11.3 Å². The first-order valence-electron chi connectivity index (χ1n) is 5.12.